The van der Waals surface area contributed by atoms with E-state index in [-0.39, 0.29) is 35.4 Å². The number of carboxylic acid groups (broad SMARTS) is 1. The molecule has 2 aromatic rings. The van der Waals surface area contributed by atoms with Crippen LogP contribution in [0, 0.1) is 0 Å². The minimum absolute atomic E-state index is 0.0652. The molecule has 0 bridgehead atoms. The van der Waals surface area contributed by atoms with E-state index in [2.05, 4.69) is 22.1 Å². The highest BCUT2D eigenvalue weighted by Crippen LogP contribution is 2.41. The second-order valence-corrected chi connectivity index (χ2v) is 10.3. The van der Waals surface area contributed by atoms with Crippen LogP contribution in [0.2, 0.25) is 0 Å². The van der Waals surface area contributed by atoms with Crippen molar-refractivity contribution < 1.29 is 24.3 Å². The second kappa shape index (κ2) is 9.53. The van der Waals surface area contributed by atoms with Crippen LogP contribution in [0.25, 0.3) is 0 Å². The minimum Gasteiger partial charge on any atom is -0.477 e. The van der Waals surface area contributed by atoms with E-state index >= 15 is 0 Å². The molecule has 0 aliphatic carbocycles. The fourth-order valence-electron chi connectivity index (χ4n) is 3.49. The van der Waals surface area contributed by atoms with Crippen LogP contribution < -0.4 is 5.32 Å². The van der Waals surface area contributed by atoms with Crippen molar-refractivity contribution in [3.05, 3.63) is 52.1 Å². The number of carbonyl (C=O) groups is 4. The van der Waals surface area contributed by atoms with Crippen LogP contribution in [-0.2, 0) is 27.9 Å². The van der Waals surface area contributed by atoms with E-state index in [1.165, 1.54) is 44.3 Å². The van der Waals surface area contributed by atoms with Crippen molar-refractivity contribution in [3.8, 4) is 0 Å². The smallest absolute Gasteiger partial charge is 0.352 e. The van der Waals surface area contributed by atoms with Gasteiger partial charge in [0.2, 0.25) is 17.5 Å². The molecule has 10 nitrogen and oxygen atoms in total. The number of fused-ring (bicyclic) bond motifs is 1. The zero-order valence-corrected chi connectivity index (χ0v) is 19.8. The summed E-state index contributed by atoms with van der Waals surface area (Å²) in [7, 11) is 1.64. The molecule has 13 heteroatoms. The van der Waals surface area contributed by atoms with E-state index in [9.17, 15) is 24.3 Å². The lowest BCUT2D eigenvalue weighted by Crippen LogP contribution is -2.70. The van der Waals surface area contributed by atoms with Gasteiger partial charge in [0.1, 0.15) is 17.1 Å². The van der Waals surface area contributed by atoms with E-state index in [0.29, 0.717) is 16.5 Å². The number of ketones is 1. The van der Waals surface area contributed by atoms with Crippen molar-refractivity contribution >= 4 is 58.4 Å². The van der Waals surface area contributed by atoms with Crippen LogP contribution in [-0.4, -0.2) is 71.3 Å². The average molecular weight is 506 g/mol. The number of hydrogen-bond acceptors (Lipinski definition) is 9. The van der Waals surface area contributed by atoms with Crippen molar-refractivity contribution in [1.82, 2.24) is 25.0 Å². The summed E-state index contributed by atoms with van der Waals surface area (Å²) in [5, 5.41) is 22.2. The van der Waals surface area contributed by atoms with Gasteiger partial charge in [0, 0.05) is 23.4 Å². The molecule has 2 N–H and O–H groups in total. The highest BCUT2D eigenvalue weighted by Gasteiger charge is 2.54. The molecule has 2 aliphatic rings. The van der Waals surface area contributed by atoms with Gasteiger partial charge in [0.15, 0.2) is 5.16 Å². The molecule has 2 aromatic heterocycles. The molecule has 1 fully saturated rings. The third-order valence-corrected chi connectivity index (χ3v) is 8.42. The third-order valence-electron chi connectivity index (χ3n) is 5.10. The zero-order chi connectivity index (χ0) is 23.7. The lowest BCUT2D eigenvalue weighted by molar-refractivity contribution is -0.150. The predicted octanol–water partition coefficient (Wildman–Crippen LogP) is 1.32. The Morgan fingerprint density at radius 2 is 2.18 bits per heavy atom. The molecule has 2 atom stereocenters. The Balaban J connectivity index is 1.45. The van der Waals surface area contributed by atoms with Crippen LogP contribution in [0.3, 0.4) is 0 Å². The number of amides is 2. The Labute approximate surface area is 201 Å². The van der Waals surface area contributed by atoms with Crippen LogP contribution in [0.15, 0.2) is 46.6 Å². The summed E-state index contributed by atoms with van der Waals surface area (Å²) in [4.78, 5) is 51.0. The number of carboxylic acids is 1. The van der Waals surface area contributed by atoms with E-state index in [4.69, 9.17) is 0 Å². The molecular weight excluding hydrogens is 486 g/mol. The van der Waals surface area contributed by atoms with Gasteiger partial charge in [-0.2, -0.15) is 0 Å². The fourth-order valence-corrected chi connectivity index (χ4v) is 6.59. The maximum atomic E-state index is 12.8. The molecule has 1 unspecified atom stereocenters. The number of nitrogens with one attached hydrogen (secondary N) is 1. The lowest BCUT2D eigenvalue weighted by atomic mass is 10.0. The number of allylic oxidation sites excluding steroid dienone is 1. The first-order valence-electron chi connectivity index (χ1n) is 9.72. The number of carbonyl (C=O) groups excluding carboxylic acids is 3. The van der Waals surface area contributed by atoms with Crippen molar-refractivity contribution in [1.29, 1.82) is 0 Å². The second-order valence-electron chi connectivity index (χ2n) is 7.19. The number of aliphatic carboxylic acids is 1. The Morgan fingerprint density at radius 3 is 2.85 bits per heavy atom. The van der Waals surface area contributed by atoms with Gasteiger partial charge in [0.05, 0.1) is 6.42 Å². The van der Waals surface area contributed by atoms with Gasteiger partial charge in [-0.3, -0.25) is 19.3 Å². The number of nitrogens with zero attached hydrogens (tertiary/aromatic N) is 4. The van der Waals surface area contributed by atoms with Crippen molar-refractivity contribution in [3.63, 3.8) is 0 Å². The van der Waals surface area contributed by atoms with Gasteiger partial charge in [-0.25, -0.2) is 4.79 Å². The summed E-state index contributed by atoms with van der Waals surface area (Å²) in [6.45, 7) is 3.43. The number of hydrogen-bond donors (Lipinski definition) is 2. The molecule has 4 rings (SSSR count). The Hall–Kier alpha value is -2.90. The summed E-state index contributed by atoms with van der Waals surface area (Å²) in [5.74, 6) is -1.50. The first-order chi connectivity index (χ1) is 15.8. The largest absolute Gasteiger partial charge is 0.477 e. The van der Waals surface area contributed by atoms with Crippen LogP contribution in [0.5, 0.6) is 0 Å². The third kappa shape index (κ3) is 4.48. The van der Waals surface area contributed by atoms with E-state index in [0.717, 1.165) is 11.0 Å². The molecular formula is C20H19N5O5S3. The number of rotatable bonds is 9. The van der Waals surface area contributed by atoms with Crippen LogP contribution in [0.1, 0.15) is 15.5 Å². The number of thioether (sulfide) groups is 2. The molecule has 2 amide bonds. The fraction of sp³-hybridized carbons (Fsp3) is 0.300. The first-order valence-corrected chi connectivity index (χ1v) is 12.6. The zero-order valence-electron chi connectivity index (χ0n) is 17.4. The minimum atomic E-state index is -1.20. The highest BCUT2D eigenvalue weighted by molar-refractivity contribution is 8.01. The van der Waals surface area contributed by atoms with Gasteiger partial charge in [0.25, 0.3) is 5.91 Å². The van der Waals surface area contributed by atoms with E-state index in [1.54, 1.807) is 7.05 Å². The molecule has 4 heterocycles. The molecule has 0 saturated carbocycles. The van der Waals surface area contributed by atoms with Crippen molar-refractivity contribution in [2.45, 2.75) is 23.0 Å². The summed E-state index contributed by atoms with van der Waals surface area (Å²) < 4.78 is 1.52. The van der Waals surface area contributed by atoms with Gasteiger partial charge in [-0.15, -0.1) is 33.3 Å². The molecule has 2 aliphatic heterocycles. The predicted molar refractivity (Wildman–Crippen MR) is 124 cm³/mol. The lowest BCUT2D eigenvalue weighted by Gasteiger charge is -2.49. The highest BCUT2D eigenvalue weighted by atomic mass is 32.2. The van der Waals surface area contributed by atoms with E-state index < -0.39 is 23.3 Å². The molecule has 172 valence electrons. The normalized spacial score (nSPS) is 19.7. The average Bonchev–Trinajstić information content (AvgIpc) is 3.44. The van der Waals surface area contributed by atoms with Crippen LogP contribution >= 0.6 is 34.9 Å². The summed E-state index contributed by atoms with van der Waals surface area (Å²) in [5.41, 5.74) is 0.495. The molecule has 33 heavy (non-hydrogen) atoms. The molecule has 0 aromatic carbocycles. The van der Waals surface area contributed by atoms with E-state index in [1.807, 2.05) is 17.5 Å². The topological polar surface area (TPSA) is 134 Å². The maximum absolute atomic E-state index is 12.8. The number of thiophene rings is 1. The summed E-state index contributed by atoms with van der Waals surface area (Å²) in [6.07, 6.45) is 1.32. The van der Waals surface area contributed by atoms with Crippen molar-refractivity contribution in [2.75, 3.05) is 11.5 Å². The Bertz CT molecular complexity index is 1170. The summed E-state index contributed by atoms with van der Waals surface area (Å²) >= 11 is 4.09. The quantitative estimate of drug-likeness (QED) is 0.224. The van der Waals surface area contributed by atoms with Crippen molar-refractivity contribution in [2.24, 2.45) is 7.05 Å². The SMILES string of the molecule is C=CC(=O)c1nnc(SCC2=C(C(=O)O)N3C(=O)C(NC(=O)Cc4cccs4)[C@H]3SC2)n1C. The maximum Gasteiger partial charge on any atom is 0.352 e. The Morgan fingerprint density at radius 1 is 1.39 bits per heavy atom. The van der Waals surface area contributed by atoms with Gasteiger partial charge < -0.3 is 15.0 Å². The monoisotopic (exact) mass is 505 g/mol. The Kier molecular flexibility index (Phi) is 6.72. The van der Waals surface area contributed by atoms with Crippen LogP contribution in [0.4, 0.5) is 0 Å². The van der Waals surface area contributed by atoms with Gasteiger partial charge in [-0.1, -0.05) is 24.4 Å². The number of β-lactam (4-membered cyclic amide) rings is 1. The van der Waals surface area contributed by atoms with Gasteiger partial charge >= 0.3 is 5.97 Å². The molecule has 0 spiro atoms. The molecule has 0 radical (unpaired) electrons. The molecule has 1 saturated heterocycles. The summed E-state index contributed by atoms with van der Waals surface area (Å²) in [6, 6.07) is 2.94. The van der Waals surface area contributed by atoms with Gasteiger partial charge in [-0.05, 0) is 23.1 Å². The standard InChI is InChI=1S/C20H19N5O5S3/c1-3-12(26)16-22-23-20(24(16)2)33-9-10-8-32-18-14(17(28)25(18)15(10)19(29)30)21-13(27)7-11-5-4-6-31-11/h3-6,14,18H,1,7-9H2,2H3,(H,21,27)(H,29,30)/t14?,18-/m1/s1. The first kappa shape index (κ1) is 23.3. The number of aromatic nitrogens is 3.